The number of nitrogens with one attached hydrogen (secondary N) is 1. The highest BCUT2D eigenvalue weighted by Gasteiger charge is 2.08. The molecule has 1 amide bonds. The van der Waals surface area contributed by atoms with Crippen molar-refractivity contribution in [2.45, 2.75) is 0 Å². The molecule has 1 aromatic carbocycles. The Labute approximate surface area is 105 Å². The molecule has 0 spiro atoms. The summed E-state index contributed by atoms with van der Waals surface area (Å²) < 4.78 is 5.10. The second kappa shape index (κ2) is 7.24. The van der Waals surface area contributed by atoms with E-state index in [-0.39, 0.29) is 11.5 Å². The molecule has 0 saturated heterocycles. The molecule has 18 heavy (non-hydrogen) atoms. The summed E-state index contributed by atoms with van der Waals surface area (Å²) >= 11 is 0. The van der Waals surface area contributed by atoms with Crippen molar-refractivity contribution in [2.24, 2.45) is 0 Å². The Kier molecular flexibility index (Phi) is 5.60. The molecule has 0 aliphatic carbocycles. The Bertz CT molecular complexity index is 442. The summed E-state index contributed by atoms with van der Waals surface area (Å²) in [6, 6.07) is 5.87. The molecule has 1 aromatic rings. The first-order valence-electron chi connectivity index (χ1n) is 5.45. The zero-order valence-corrected chi connectivity index (χ0v) is 9.89. The molecule has 0 aliphatic rings. The van der Waals surface area contributed by atoms with Gasteiger partial charge >= 0.3 is 5.97 Å². The molecule has 1 rings (SSSR count). The highest BCUT2D eigenvalue weighted by Crippen LogP contribution is 2.05. The number of rotatable bonds is 7. The SMILES string of the molecule is C=CCOCCNC(=O)c1cccc(C(=O)O)c1. The Morgan fingerprint density at radius 2 is 2.11 bits per heavy atom. The lowest BCUT2D eigenvalue weighted by Gasteiger charge is -2.05. The van der Waals surface area contributed by atoms with Crippen molar-refractivity contribution < 1.29 is 19.4 Å². The van der Waals surface area contributed by atoms with Crippen LogP contribution in [0.3, 0.4) is 0 Å². The molecular formula is C13H15NO4. The summed E-state index contributed by atoms with van der Waals surface area (Å²) in [4.78, 5) is 22.4. The lowest BCUT2D eigenvalue weighted by molar-refractivity contribution is 0.0697. The van der Waals surface area contributed by atoms with Crippen LogP contribution in [-0.4, -0.2) is 36.7 Å². The smallest absolute Gasteiger partial charge is 0.335 e. The third-order valence-corrected chi connectivity index (χ3v) is 2.14. The van der Waals surface area contributed by atoms with Crippen LogP contribution in [-0.2, 0) is 4.74 Å². The number of hydrogen-bond acceptors (Lipinski definition) is 3. The highest BCUT2D eigenvalue weighted by molar-refractivity contribution is 5.97. The van der Waals surface area contributed by atoms with E-state index in [2.05, 4.69) is 11.9 Å². The first kappa shape index (κ1) is 13.9. The van der Waals surface area contributed by atoms with Crippen LogP contribution in [0.5, 0.6) is 0 Å². The molecule has 0 unspecified atom stereocenters. The third kappa shape index (κ3) is 4.39. The summed E-state index contributed by atoms with van der Waals surface area (Å²) in [5.41, 5.74) is 0.407. The average Bonchev–Trinajstić information content (AvgIpc) is 2.38. The molecule has 0 saturated carbocycles. The molecule has 0 heterocycles. The zero-order valence-electron chi connectivity index (χ0n) is 9.89. The van der Waals surface area contributed by atoms with Crippen LogP contribution >= 0.6 is 0 Å². The topological polar surface area (TPSA) is 75.6 Å². The summed E-state index contributed by atoms with van der Waals surface area (Å²) in [5.74, 6) is -1.38. The van der Waals surface area contributed by atoms with Gasteiger partial charge in [-0.15, -0.1) is 6.58 Å². The number of ether oxygens (including phenoxy) is 1. The molecule has 2 N–H and O–H groups in total. The number of carboxylic acid groups (broad SMARTS) is 1. The summed E-state index contributed by atoms with van der Waals surface area (Å²) in [6.07, 6.45) is 1.62. The van der Waals surface area contributed by atoms with Crippen LogP contribution in [0, 0.1) is 0 Å². The molecule has 0 fully saturated rings. The van der Waals surface area contributed by atoms with Gasteiger partial charge in [0.2, 0.25) is 0 Å². The van der Waals surface area contributed by atoms with Crippen LogP contribution in [0.1, 0.15) is 20.7 Å². The van der Waals surface area contributed by atoms with Crippen LogP contribution in [0.25, 0.3) is 0 Å². The average molecular weight is 249 g/mol. The Hall–Kier alpha value is -2.14. The van der Waals surface area contributed by atoms with Crippen molar-refractivity contribution in [1.29, 1.82) is 0 Å². The molecular weight excluding hydrogens is 234 g/mol. The van der Waals surface area contributed by atoms with Crippen molar-refractivity contribution in [3.05, 3.63) is 48.0 Å². The number of aromatic carboxylic acids is 1. The van der Waals surface area contributed by atoms with Crippen molar-refractivity contribution in [2.75, 3.05) is 19.8 Å². The second-order valence-electron chi connectivity index (χ2n) is 3.51. The van der Waals surface area contributed by atoms with Gasteiger partial charge in [-0.2, -0.15) is 0 Å². The lowest BCUT2D eigenvalue weighted by atomic mass is 10.1. The minimum Gasteiger partial charge on any atom is -0.478 e. The minimum atomic E-state index is -1.06. The van der Waals surface area contributed by atoms with E-state index in [0.29, 0.717) is 25.3 Å². The van der Waals surface area contributed by atoms with Gasteiger partial charge in [0, 0.05) is 12.1 Å². The number of amides is 1. The molecule has 0 aromatic heterocycles. The highest BCUT2D eigenvalue weighted by atomic mass is 16.5. The van der Waals surface area contributed by atoms with Gasteiger partial charge in [0.1, 0.15) is 0 Å². The summed E-state index contributed by atoms with van der Waals surface area (Å²) in [7, 11) is 0. The van der Waals surface area contributed by atoms with Crippen molar-refractivity contribution >= 4 is 11.9 Å². The maximum Gasteiger partial charge on any atom is 0.335 e. The predicted octanol–water partition coefficient (Wildman–Crippen LogP) is 1.32. The van der Waals surface area contributed by atoms with E-state index in [1.807, 2.05) is 0 Å². The number of hydrogen-bond donors (Lipinski definition) is 2. The van der Waals surface area contributed by atoms with Gasteiger partial charge in [-0.05, 0) is 18.2 Å². The molecule has 5 heteroatoms. The number of benzene rings is 1. The van der Waals surface area contributed by atoms with E-state index >= 15 is 0 Å². The maximum absolute atomic E-state index is 11.7. The molecule has 0 aliphatic heterocycles. The normalized spacial score (nSPS) is 9.78. The quantitative estimate of drug-likeness (QED) is 0.564. The van der Waals surface area contributed by atoms with Crippen molar-refractivity contribution in [1.82, 2.24) is 5.32 Å². The van der Waals surface area contributed by atoms with E-state index in [1.165, 1.54) is 18.2 Å². The Morgan fingerprint density at radius 3 is 2.78 bits per heavy atom. The number of carbonyl (C=O) groups is 2. The number of carbonyl (C=O) groups excluding carboxylic acids is 1. The fourth-order valence-corrected chi connectivity index (χ4v) is 1.30. The van der Waals surface area contributed by atoms with Gasteiger partial charge in [-0.1, -0.05) is 12.1 Å². The van der Waals surface area contributed by atoms with Gasteiger partial charge in [0.05, 0.1) is 18.8 Å². The predicted molar refractivity (Wildman–Crippen MR) is 66.8 cm³/mol. The maximum atomic E-state index is 11.7. The van der Waals surface area contributed by atoms with Gasteiger partial charge in [0.25, 0.3) is 5.91 Å². The third-order valence-electron chi connectivity index (χ3n) is 2.14. The zero-order chi connectivity index (χ0) is 13.4. The minimum absolute atomic E-state index is 0.0885. The first-order valence-corrected chi connectivity index (χ1v) is 5.45. The van der Waals surface area contributed by atoms with Gasteiger partial charge in [-0.25, -0.2) is 4.79 Å². The van der Waals surface area contributed by atoms with E-state index in [4.69, 9.17) is 9.84 Å². The molecule has 0 bridgehead atoms. The van der Waals surface area contributed by atoms with Gasteiger partial charge < -0.3 is 15.2 Å². The van der Waals surface area contributed by atoms with E-state index in [9.17, 15) is 9.59 Å². The fourth-order valence-electron chi connectivity index (χ4n) is 1.30. The van der Waals surface area contributed by atoms with Crippen LogP contribution < -0.4 is 5.32 Å². The summed E-state index contributed by atoms with van der Waals surface area (Å²) in [5, 5.41) is 11.4. The van der Waals surface area contributed by atoms with Crippen molar-refractivity contribution in [3.63, 3.8) is 0 Å². The monoisotopic (exact) mass is 249 g/mol. The largest absolute Gasteiger partial charge is 0.478 e. The first-order chi connectivity index (χ1) is 8.65. The van der Waals surface area contributed by atoms with Crippen LogP contribution in [0.4, 0.5) is 0 Å². The summed E-state index contributed by atoms with van der Waals surface area (Å²) in [6.45, 7) is 4.68. The van der Waals surface area contributed by atoms with E-state index < -0.39 is 5.97 Å². The number of carboxylic acids is 1. The van der Waals surface area contributed by atoms with E-state index in [0.717, 1.165) is 0 Å². The fraction of sp³-hybridized carbons (Fsp3) is 0.231. The second-order valence-corrected chi connectivity index (χ2v) is 3.51. The van der Waals surface area contributed by atoms with Crippen molar-refractivity contribution in [3.8, 4) is 0 Å². The van der Waals surface area contributed by atoms with Crippen LogP contribution in [0.2, 0.25) is 0 Å². The molecule has 0 radical (unpaired) electrons. The Balaban J connectivity index is 2.48. The lowest BCUT2D eigenvalue weighted by Crippen LogP contribution is -2.27. The van der Waals surface area contributed by atoms with Gasteiger partial charge in [-0.3, -0.25) is 4.79 Å². The Morgan fingerprint density at radius 1 is 1.39 bits per heavy atom. The molecule has 96 valence electrons. The van der Waals surface area contributed by atoms with E-state index in [1.54, 1.807) is 12.1 Å². The standard InChI is InChI=1S/C13H15NO4/c1-2-7-18-8-6-14-12(15)10-4-3-5-11(9-10)13(16)17/h2-5,9H,1,6-8H2,(H,14,15)(H,16,17). The van der Waals surface area contributed by atoms with Gasteiger partial charge in [0.15, 0.2) is 0 Å². The van der Waals surface area contributed by atoms with Crippen LogP contribution in [0.15, 0.2) is 36.9 Å². The molecule has 5 nitrogen and oxygen atoms in total. The molecule has 0 atom stereocenters.